The summed E-state index contributed by atoms with van der Waals surface area (Å²) in [6.07, 6.45) is 2.39. The van der Waals surface area contributed by atoms with Crippen molar-refractivity contribution >= 4 is 0 Å². The Hall–Kier alpha value is -2.55. The molecule has 0 radical (unpaired) electrons. The van der Waals surface area contributed by atoms with Crippen LogP contribution in [-0.2, 0) is 11.8 Å². The van der Waals surface area contributed by atoms with Gasteiger partial charge in [0.05, 0.1) is 5.41 Å². The van der Waals surface area contributed by atoms with E-state index >= 15 is 0 Å². The molecular weight excluding hydrogens is 246 g/mol. The molecule has 0 N–H and O–H groups in total. The van der Waals surface area contributed by atoms with Crippen molar-refractivity contribution in [2.45, 2.75) is 11.8 Å². The molecule has 20 heavy (non-hydrogen) atoms. The summed E-state index contributed by atoms with van der Waals surface area (Å²) < 4.78 is 0. The van der Waals surface area contributed by atoms with Gasteiger partial charge in [0.25, 0.3) is 0 Å². The molecule has 1 aliphatic heterocycles. The lowest BCUT2D eigenvalue weighted by atomic mass is 9.72. The van der Waals surface area contributed by atoms with Gasteiger partial charge in [-0.3, -0.25) is 0 Å². The van der Waals surface area contributed by atoms with E-state index < -0.39 is 0 Å². The second-order valence-corrected chi connectivity index (χ2v) is 5.04. The van der Waals surface area contributed by atoms with Crippen LogP contribution >= 0.6 is 0 Å². The molecule has 2 heterocycles. The maximum absolute atomic E-state index is 4.57. The molecule has 0 amide bonds. The van der Waals surface area contributed by atoms with Gasteiger partial charge in [-0.25, -0.2) is 15.0 Å². The molecule has 0 saturated carbocycles. The number of rotatable bonds is 2. The fraction of sp³-hybridized carbons (Fsp3) is 0.118. The zero-order valence-electron chi connectivity index (χ0n) is 10.9. The van der Waals surface area contributed by atoms with Crippen LogP contribution in [0, 0.1) is 0 Å². The van der Waals surface area contributed by atoms with Crippen molar-refractivity contribution in [1.82, 2.24) is 15.0 Å². The molecule has 0 atom stereocenters. The third-order valence-electron chi connectivity index (χ3n) is 3.96. The van der Waals surface area contributed by atoms with Crippen molar-refractivity contribution in [2.75, 3.05) is 0 Å². The maximum Gasteiger partial charge on any atom is 0.147 e. The number of fused-ring (bicyclic) bond motifs is 2. The average molecular weight is 259 g/mol. The van der Waals surface area contributed by atoms with Gasteiger partial charge < -0.3 is 0 Å². The Labute approximate surface area is 117 Å². The highest BCUT2D eigenvalue weighted by atomic mass is 15.0. The van der Waals surface area contributed by atoms with Gasteiger partial charge in [-0.2, -0.15) is 0 Å². The summed E-state index contributed by atoms with van der Waals surface area (Å²) in [5.41, 5.74) is 2.14. The first kappa shape index (κ1) is 11.3. The Morgan fingerprint density at radius 1 is 0.750 bits per heavy atom. The van der Waals surface area contributed by atoms with Crippen LogP contribution in [-0.4, -0.2) is 15.0 Å². The molecule has 2 aromatic carbocycles. The third-order valence-corrected chi connectivity index (χ3v) is 3.96. The van der Waals surface area contributed by atoms with Crippen molar-refractivity contribution in [3.63, 3.8) is 0 Å². The minimum absolute atomic E-state index is 0.297. The molecule has 3 aromatic rings. The molecule has 1 aromatic heterocycles. The number of benzene rings is 2. The van der Waals surface area contributed by atoms with E-state index in [-0.39, 0.29) is 5.41 Å². The first-order valence-electron chi connectivity index (χ1n) is 6.69. The second kappa shape index (κ2) is 4.23. The van der Waals surface area contributed by atoms with E-state index in [0.29, 0.717) is 0 Å². The molecule has 0 fully saturated rings. The van der Waals surface area contributed by atoms with Crippen molar-refractivity contribution in [2.24, 2.45) is 0 Å². The maximum atomic E-state index is 4.57. The Balaban J connectivity index is 2.00. The van der Waals surface area contributed by atoms with E-state index in [1.165, 1.54) is 11.1 Å². The highest BCUT2D eigenvalue weighted by molar-refractivity contribution is 5.48. The molecular formula is C17H13N3. The molecule has 0 aliphatic carbocycles. The van der Waals surface area contributed by atoms with Crippen LogP contribution in [0.25, 0.3) is 0 Å². The summed E-state index contributed by atoms with van der Waals surface area (Å²) in [6.45, 7) is 0. The molecule has 96 valence electrons. The molecule has 0 saturated heterocycles. The summed E-state index contributed by atoms with van der Waals surface area (Å²) >= 11 is 0. The molecule has 3 heteroatoms. The largest absolute Gasteiger partial charge is 0.221 e. The van der Waals surface area contributed by atoms with Gasteiger partial charge in [0.15, 0.2) is 0 Å². The highest BCUT2D eigenvalue weighted by Gasteiger charge is 2.44. The zero-order chi connectivity index (χ0) is 13.4. The van der Waals surface area contributed by atoms with Gasteiger partial charge in [-0.1, -0.05) is 60.7 Å². The monoisotopic (exact) mass is 259 g/mol. The quantitative estimate of drug-likeness (QED) is 0.710. The van der Waals surface area contributed by atoms with Crippen LogP contribution in [0.5, 0.6) is 0 Å². The first-order valence-corrected chi connectivity index (χ1v) is 6.69. The Bertz CT molecular complexity index is 699. The predicted octanol–water partition coefficient (Wildman–Crippen LogP) is 2.76. The van der Waals surface area contributed by atoms with Crippen LogP contribution in [0.1, 0.15) is 22.8 Å². The SMILES string of the molecule is c1ccc(C2(c3ccccc3)Cc3ncnc2n3)cc1. The van der Waals surface area contributed by atoms with Crippen molar-refractivity contribution in [3.05, 3.63) is 89.8 Å². The average Bonchev–Trinajstić information content (AvgIpc) is 2.80. The minimum atomic E-state index is -0.297. The van der Waals surface area contributed by atoms with E-state index in [1.807, 2.05) is 12.1 Å². The van der Waals surface area contributed by atoms with E-state index in [2.05, 4.69) is 63.5 Å². The topological polar surface area (TPSA) is 38.7 Å². The van der Waals surface area contributed by atoms with Gasteiger partial charge in [-0.05, 0) is 11.1 Å². The van der Waals surface area contributed by atoms with Gasteiger partial charge in [0, 0.05) is 6.42 Å². The molecule has 3 nitrogen and oxygen atoms in total. The first-order chi connectivity index (χ1) is 9.89. The summed E-state index contributed by atoms with van der Waals surface area (Å²) in [6, 6.07) is 20.9. The predicted molar refractivity (Wildman–Crippen MR) is 76.3 cm³/mol. The van der Waals surface area contributed by atoms with Gasteiger partial charge in [-0.15, -0.1) is 0 Å². The number of aromatic nitrogens is 3. The number of nitrogens with zero attached hydrogens (tertiary/aromatic N) is 3. The Kier molecular flexibility index (Phi) is 2.39. The molecule has 0 spiro atoms. The van der Waals surface area contributed by atoms with Gasteiger partial charge in [0.2, 0.25) is 0 Å². The van der Waals surface area contributed by atoms with E-state index in [4.69, 9.17) is 0 Å². The van der Waals surface area contributed by atoms with Crippen LogP contribution in [0.3, 0.4) is 0 Å². The standard InChI is InChI=1S/C17H13N3/c1-3-7-13(8-4-1)17(14-9-5-2-6-10-14)11-15-18-12-19-16(17)20-15/h1-10,12H,11H2. The second-order valence-electron chi connectivity index (χ2n) is 5.04. The third kappa shape index (κ3) is 1.50. The molecule has 2 bridgehead atoms. The zero-order valence-corrected chi connectivity index (χ0v) is 10.9. The van der Waals surface area contributed by atoms with E-state index in [0.717, 1.165) is 18.1 Å². The van der Waals surface area contributed by atoms with Crippen molar-refractivity contribution in [1.29, 1.82) is 0 Å². The summed E-state index contributed by atoms with van der Waals surface area (Å²) in [5.74, 6) is 1.71. The Morgan fingerprint density at radius 3 is 1.90 bits per heavy atom. The van der Waals surface area contributed by atoms with Crippen LogP contribution in [0.4, 0.5) is 0 Å². The molecule has 0 unspecified atom stereocenters. The lowest BCUT2D eigenvalue weighted by Gasteiger charge is -2.28. The summed E-state index contributed by atoms with van der Waals surface area (Å²) in [5, 5.41) is 0. The minimum Gasteiger partial charge on any atom is -0.221 e. The fourth-order valence-corrected chi connectivity index (χ4v) is 3.01. The summed E-state index contributed by atoms with van der Waals surface area (Å²) in [7, 11) is 0. The van der Waals surface area contributed by atoms with Gasteiger partial charge >= 0.3 is 0 Å². The van der Waals surface area contributed by atoms with Crippen molar-refractivity contribution in [3.8, 4) is 0 Å². The smallest absolute Gasteiger partial charge is 0.147 e. The van der Waals surface area contributed by atoms with Crippen LogP contribution in [0.15, 0.2) is 67.0 Å². The molecule has 1 aliphatic rings. The van der Waals surface area contributed by atoms with Crippen LogP contribution in [0.2, 0.25) is 0 Å². The van der Waals surface area contributed by atoms with Crippen molar-refractivity contribution < 1.29 is 0 Å². The summed E-state index contributed by atoms with van der Waals surface area (Å²) in [4.78, 5) is 13.3. The Morgan fingerprint density at radius 2 is 1.35 bits per heavy atom. The number of hydrogen-bond donors (Lipinski definition) is 0. The van der Waals surface area contributed by atoms with Crippen LogP contribution < -0.4 is 0 Å². The molecule has 4 rings (SSSR count). The van der Waals surface area contributed by atoms with Gasteiger partial charge in [0.1, 0.15) is 18.0 Å². The lowest BCUT2D eigenvalue weighted by molar-refractivity contribution is 0.620. The van der Waals surface area contributed by atoms with E-state index in [1.54, 1.807) is 6.33 Å². The normalized spacial score (nSPS) is 15.2. The fourth-order valence-electron chi connectivity index (χ4n) is 3.01. The lowest BCUT2D eigenvalue weighted by Crippen LogP contribution is -2.29. The number of hydrogen-bond acceptors (Lipinski definition) is 3. The highest BCUT2D eigenvalue weighted by Crippen LogP contribution is 2.42. The van der Waals surface area contributed by atoms with E-state index in [9.17, 15) is 0 Å².